The van der Waals surface area contributed by atoms with Gasteiger partial charge in [0.25, 0.3) is 0 Å². The zero-order valence-electron chi connectivity index (χ0n) is 16.8. The van der Waals surface area contributed by atoms with E-state index >= 15 is 0 Å². The topological polar surface area (TPSA) is 120 Å². The number of hydrogen-bond donors (Lipinski definition) is 1. The molecule has 1 aliphatic heterocycles. The molecule has 4 rings (SSSR count). The molecule has 154 valence electrons. The fourth-order valence-corrected chi connectivity index (χ4v) is 5.74. The molecule has 0 amide bonds. The van der Waals surface area contributed by atoms with E-state index in [1.54, 1.807) is 32.8 Å². The van der Waals surface area contributed by atoms with Crippen LogP contribution >= 0.6 is 7.14 Å². The summed E-state index contributed by atoms with van der Waals surface area (Å²) < 4.78 is 35.0. The highest BCUT2D eigenvalue weighted by molar-refractivity contribution is 7.61. The van der Waals surface area contributed by atoms with Crippen LogP contribution in [0.3, 0.4) is 0 Å². The van der Waals surface area contributed by atoms with Gasteiger partial charge in [-0.1, -0.05) is 6.07 Å². The molecule has 0 fully saturated rings. The molecule has 0 saturated heterocycles. The highest BCUT2D eigenvalue weighted by atomic mass is 31.2. The normalized spacial score (nSPS) is 20.7. The molecule has 8 nitrogen and oxygen atoms in total. The van der Waals surface area contributed by atoms with Gasteiger partial charge in [0.2, 0.25) is 0 Å². The second-order valence-corrected chi connectivity index (χ2v) is 10.8. The third-order valence-electron chi connectivity index (χ3n) is 5.11. The van der Waals surface area contributed by atoms with Crippen molar-refractivity contribution in [1.82, 2.24) is 20.0 Å². The lowest BCUT2D eigenvalue weighted by atomic mass is 10.0. The minimum Gasteiger partial charge on any atom is -0.482 e. The molecule has 10 heteroatoms. The van der Waals surface area contributed by atoms with E-state index in [1.165, 1.54) is 16.8 Å². The summed E-state index contributed by atoms with van der Waals surface area (Å²) in [7, 11) is -1.16. The zero-order chi connectivity index (χ0) is 21.6. The average molecular weight is 426 g/mol. The molecule has 3 aromatic rings. The van der Waals surface area contributed by atoms with Crippen LogP contribution in [-0.4, -0.2) is 26.6 Å². The van der Waals surface area contributed by atoms with Crippen LogP contribution in [-0.2, 0) is 23.9 Å². The zero-order valence-corrected chi connectivity index (χ0v) is 17.7. The number of benzene rings is 1. The minimum absolute atomic E-state index is 0.0747. The fourth-order valence-electron chi connectivity index (χ4n) is 3.76. The molecular weight excluding hydrogens is 406 g/mol. The van der Waals surface area contributed by atoms with E-state index in [-0.39, 0.29) is 29.6 Å². The number of anilines is 1. The molecule has 1 aromatic carbocycles. The first-order valence-corrected chi connectivity index (χ1v) is 11.8. The van der Waals surface area contributed by atoms with Crippen LogP contribution < -0.4 is 10.5 Å². The lowest BCUT2D eigenvalue weighted by Gasteiger charge is -2.22. The maximum atomic E-state index is 14.0. The quantitative estimate of drug-likeness (QED) is 0.545. The van der Waals surface area contributed by atoms with Gasteiger partial charge in [0.05, 0.1) is 18.4 Å². The first kappa shape index (κ1) is 20.0. The Balaban J connectivity index is 1.98. The Morgan fingerprint density at radius 2 is 2.10 bits per heavy atom. The van der Waals surface area contributed by atoms with E-state index < -0.39 is 19.1 Å². The number of nitrogens with two attached hydrogens (primary N) is 1. The van der Waals surface area contributed by atoms with Gasteiger partial charge in [0.15, 0.2) is 11.6 Å². The molecule has 0 radical (unpaired) electrons. The molecule has 1 unspecified atom stereocenters. The lowest BCUT2D eigenvalue weighted by Crippen LogP contribution is -2.11. The van der Waals surface area contributed by atoms with Gasteiger partial charge in [-0.25, -0.2) is 4.39 Å². The van der Waals surface area contributed by atoms with Gasteiger partial charge in [-0.15, -0.1) is 10.2 Å². The van der Waals surface area contributed by atoms with Crippen molar-refractivity contribution in [3.63, 3.8) is 0 Å². The van der Waals surface area contributed by atoms with Crippen LogP contribution in [0.15, 0.2) is 24.3 Å². The summed E-state index contributed by atoms with van der Waals surface area (Å²) in [6.07, 6.45) is -0.174. The minimum atomic E-state index is -2.81. The molecule has 30 heavy (non-hydrogen) atoms. The second-order valence-electron chi connectivity index (χ2n) is 7.60. The number of ether oxygens (including phenoxy) is 1. The summed E-state index contributed by atoms with van der Waals surface area (Å²) in [5, 5.41) is 22.2. The van der Waals surface area contributed by atoms with Gasteiger partial charge in [-0.05, 0) is 36.8 Å². The Labute approximate surface area is 172 Å². The smallest absolute Gasteiger partial charge is 0.188 e. The van der Waals surface area contributed by atoms with Gasteiger partial charge in [-0.2, -0.15) is 10.4 Å². The number of halogens is 1. The summed E-state index contributed by atoms with van der Waals surface area (Å²) >= 11 is 0. The first-order chi connectivity index (χ1) is 14.2. The average Bonchev–Trinajstić information content (AvgIpc) is 2.98. The maximum Gasteiger partial charge on any atom is 0.188 e. The molecule has 2 bridgehead atoms. The molecule has 0 saturated carbocycles. The first-order valence-electron chi connectivity index (χ1n) is 9.28. The third kappa shape index (κ3) is 3.55. The molecule has 2 N–H and O–H groups in total. The van der Waals surface area contributed by atoms with Crippen LogP contribution in [0.5, 0.6) is 5.75 Å². The Hall–Kier alpha value is -3.24. The summed E-state index contributed by atoms with van der Waals surface area (Å²) in [6, 6.07) is 8.07. The predicted molar refractivity (Wildman–Crippen MR) is 110 cm³/mol. The van der Waals surface area contributed by atoms with Crippen molar-refractivity contribution < 1.29 is 13.7 Å². The highest BCUT2D eigenvalue weighted by Crippen LogP contribution is 2.51. The Morgan fingerprint density at radius 3 is 2.83 bits per heavy atom. The van der Waals surface area contributed by atoms with E-state index in [0.717, 1.165) is 5.56 Å². The molecule has 3 heterocycles. The van der Waals surface area contributed by atoms with Crippen LogP contribution in [0, 0.1) is 17.1 Å². The van der Waals surface area contributed by atoms with Crippen molar-refractivity contribution in [3.05, 3.63) is 52.6 Å². The van der Waals surface area contributed by atoms with Crippen LogP contribution in [0.2, 0.25) is 0 Å². The maximum absolute atomic E-state index is 14.0. The lowest BCUT2D eigenvalue weighted by molar-refractivity contribution is 0.226. The molecular formula is C20H20FN6O2P. The Bertz CT molecular complexity index is 1250. The van der Waals surface area contributed by atoms with Crippen molar-refractivity contribution in [2.45, 2.75) is 25.4 Å². The summed E-state index contributed by atoms with van der Waals surface area (Å²) in [5.41, 5.74) is 8.87. The second kappa shape index (κ2) is 7.22. The number of aromatic nitrogens is 4. The van der Waals surface area contributed by atoms with Crippen LogP contribution in [0.25, 0.3) is 11.3 Å². The van der Waals surface area contributed by atoms with Crippen molar-refractivity contribution in [3.8, 4) is 23.1 Å². The molecule has 1 aliphatic rings. The fraction of sp³-hybridized carbons (Fsp3) is 0.300. The van der Waals surface area contributed by atoms with E-state index in [0.29, 0.717) is 22.5 Å². The standard InChI is InChI=1S/C20H20FN6O2P/c1-11-14-6-13(21)5-4-12(14)9-30(3,28)10-16-19(17(8-22)27(2)26-16)15-7-18(29-11)20(23)25-24-15/h4-7,11H,9-10H2,1-3H3,(H2,23,25)/t11-,30?/m1/s1. The summed E-state index contributed by atoms with van der Waals surface area (Å²) in [5.74, 6) is -0.0678. The van der Waals surface area contributed by atoms with Gasteiger partial charge < -0.3 is 15.0 Å². The largest absolute Gasteiger partial charge is 0.482 e. The van der Waals surface area contributed by atoms with E-state index in [2.05, 4.69) is 21.4 Å². The number of fused-ring (bicyclic) bond motifs is 5. The van der Waals surface area contributed by atoms with Crippen LogP contribution in [0.4, 0.5) is 10.2 Å². The van der Waals surface area contributed by atoms with E-state index in [1.807, 2.05) is 0 Å². The van der Waals surface area contributed by atoms with Crippen molar-refractivity contribution in [1.29, 1.82) is 5.26 Å². The Kier molecular flexibility index (Phi) is 4.83. The number of nitriles is 1. The highest BCUT2D eigenvalue weighted by Gasteiger charge is 2.29. The van der Waals surface area contributed by atoms with Crippen molar-refractivity contribution >= 4 is 13.0 Å². The Morgan fingerprint density at radius 1 is 1.33 bits per heavy atom. The van der Waals surface area contributed by atoms with Gasteiger partial charge in [0.1, 0.15) is 29.4 Å². The monoisotopic (exact) mass is 426 g/mol. The number of aryl methyl sites for hydroxylation is 1. The van der Waals surface area contributed by atoms with E-state index in [9.17, 15) is 14.2 Å². The van der Waals surface area contributed by atoms with Gasteiger partial charge in [-0.3, -0.25) is 4.68 Å². The van der Waals surface area contributed by atoms with E-state index in [4.69, 9.17) is 10.5 Å². The molecule has 0 aliphatic carbocycles. The third-order valence-corrected chi connectivity index (χ3v) is 7.08. The van der Waals surface area contributed by atoms with Crippen molar-refractivity contribution in [2.24, 2.45) is 7.05 Å². The SMILES string of the molecule is C[C@H]1Oc2cc(nnc2N)-c2c(nn(C)c2C#N)CP(C)(=O)Cc2ccc(F)cc21. The number of nitrogens with zero attached hydrogens (tertiary/aromatic N) is 5. The molecule has 2 atom stereocenters. The molecule has 2 aromatic heterocycles. The summed E-state index contributed by atoms with van der Waals surface area (Å²) in [4.78, 5) is 0. The van der Waals surface area contributed by atoms with Crippen molar-refractivity contribution in [2.75, 3.05) is 12.4 Å². The van der Waals surface area contributed by atoms with Gasteiger partial charge in [0, 0.05) is 25.4 Å². The summed E-state index contributed by atoms with van der Waals surface area (Å²) in [6.45, 7) is 3.45. The number of rotatable bonds is 0. The van der Waals surface area contributed by atoms with Gasteiger partial charge >= 0.3 is 0 Å². The molecule has 0 spiro atoms. The number of nitrogen functional groups attached to an aromatic ring is 1. The predicted octanol–water partition coefficient (Wildman–Crippen LogP) is 3.62. The van der Waals surface area contributed by atoms with Crippen LogP contribution in [0.1, 0.15) is 35.5 Å². The number of hydrogen-bond acceptors (Lipinski definition) is 7.